The first-order valence-electron chi connectivity index (χ1n) is 5.77. The van der Waals surface area contributed by atoms with Crippen molar-refractivity contribution in [3.63, 3.8) is 0 Å². The third-order valence-corrected chi connectivity index (χ3v) is 3.39. The van der Waals surface area contributed by atoms with E-state index >= 15 is 0 Å². The Labute approximate surface area is 120 Å². The normalized spacial score (nSPS) is 10.2. The molecule has 1 rings (SSSR count). The van der Waals surface area contributed by atoms with Gasteiger partial charge in [0.05, 0.1) is 4.92 Å². The van der Waals surface area contributed by atoms with Gasteiger partial charge < -0.3 is 5.32 Å². The van der Waals surface area contributed by atoms with E-state index in [0.717, 1.165) is 18.6 Å². The summed E-state index contributed by atoms with van der Waals surface area (Å²) in [5, 5.41) is 13.8. The van der Waals surface area contributed by atoms with E-state index in [1.165, 1.54) is 18.2 Å². The molecule has 0 fully saturated rings. The van der Waals surface area contributed by atoms with Gasteiger partial charge in [-0.25, -0.2) is 0 Å². The van der Waals surface area contributed by atoms with Crippen molar-refractivity contribution in [1.82, 2.24) is 5.32 Å². The van der Waals surface area contributed by atoms with Gasteiger partial charge in [0.1, 0.15) is 5.56 Å². The van der Waals surface area contributed by atoms with Crippen LogP contribution in [0.25, 0.3) is 0 Å². The molecule has 0 radical (unpaired) electrons. The van der Waals surface area contributed by atoms with E-state index in [-0.39, 0.29) is 11.3 Å². The molecule has 1 aromatic rings. The van der Waals surface area contributed by atoms with Gasteiger partial charge in [-0.05, 0) is 37.0 Å². The summed E-state index contributed by atoms with van der Waals surface area (Å²) in [6.45, 7) is 0.503. The molecule has 0 bridgehead atoms. The zero-order valence-electron chi connectivity index (χ0n) is 10.5. The van der Waals surface area contributed by atoms with Crippen molar-refractivity contribution >= 4 is 35.0 Å². The van der Waals surface area contributed by atoms with Crippen molar-refractivity contribution in [3.8, 4) is 0 Å². The Morgan fingerprint density at radius 3 is 2.84 bits per heavy atom. The molecule has 0 aliphatic heterocycles. The molecule has 0 aromatic heterocycles. The van der Waals surface area contributed by atoms with E-state index in [9.17, 15) is 14.9 Å². The molecule has 0 aliphatic rings. The molecule has 0 unspecified atom stereocenters. The second-order valence-electron chi connectivity index (χ2n) is 3.87. The van der Waals surface area contributed by atoms with Gasteiger partial charge in [-0.1, -0.05) is 11.6 Å². The van der Waals surface area contributed by atoms with Crippen molar-refractivity contribution < 1.29 is 9.72 Å². The van der Waals surface area contributed by atoms with Crippen molar-refractivity contribution in [2.75, 3.05) is 18.6 Å². The van der Waals surface area contributed by atoms with Crippen LogP contribution in [0.15, 0.2) is 18.2 Å². The van der Waals surface area contributed by atoms with Crippen molar-refractivity contribution in [1.29, 1.82) is 0 Å². The smallest absolute Gasteiger partial charge is 0.282 e. The second-order valence-corrected chi connectivity index (χ2v) is 5.30. The van der Waals surface area contributed by atoms with E-state index in [2.05, 4.69) is 5.32 Å². The zero-order valence-corrected chi connectivity index (χ0v) is 12.1. The molecule has 0 saturated carbocycles. The molecule has 0 heterocycles. The molecule has 5 nitrogen and oxygen atoms in total. The Morgan fingerprint density at radius 2 is 2.21 bits per heavy atom. The maximum absolute atomic E-state index is 11.9. The average Bonchev–Trinajstić information content (AvgIpc) is 2.37. The lowest BCUT2D eigenvalue weighted by molar-refractivity contribution is -0.385. The van der Waals surface area contributed by atoms with Crippen LogP contribution < -0.4 is 5.32 Å². The molecule has 0 aliphatic carbocycles. The first kappa shape index (κ1) is 15.8. The van der Waals surface area contributed by atoms with Crippen LogP contribution in [0.2, 0.25) is 5.02 Å². The van der Waals surface area contributed by atoms with E-state index in [0.29, 0.717) is 11.6 Å². The van der Waals surface area contributed by atoms with E-state index in [1.807, 2.05) is 6.26 Å². The van der Waals surface area contributed by atoms with Gasteiger partial charge in [-0.15, -0.1) is 0 Å². The highest BCUT2D eigenvalue weighted by molar-refractivity contribution is 7.98. The predicted octanol–water partition coefficient (Wildman–Crippen LogP) is 3.12. The summed E-state index contributed by atoms with van der Waals surface area (Å²) in [5.74, 6) is 0.575. The monoisotopic (exact) mass is 302 g/mol. The van der Waals surface area contributed by atoms with Crippen LogP contribution in [-0.2, 0) is 0 Å². The molecule has 1 aromatic carbocycles. The van der Waals surface area contributed by atoms with Crippen LogP contribution in [0.1, 0.15) is 23.2 Å². The lowest BCUT2D eigenvalue weighted by Crippen LogP contribution is -2.25. The summed E-state index contributed by atoms with van der Waals surface area (Å²) in [7, 11) is 0. The molecular formula is C12H15ClN2O3S. The fourth-order valence-electron chi connectivity index (χ4n) is 1.52. The topological polar surface area (TPSA) is 72.2 Å². The summed E-state index contributed by atoms with van der Waals surface area (Å²) in [6, 6.07) is 3.96. The van der Waals surface area contributed by atoms with Crippen molar-refractivity contribution in [2.24, 2.45) is 0 Å². The van der Waals surface area contributed by atoms with Crippen LogP contribution in [0.4, 0.5) is 5.69 Å². The number of hydrogen-bond donors (Lipinski definition) is 1. The van der Waals surface area contributed by atoms with Crippen molar-refractivity contribution in [2.45, 2.75) is 12.8 Å². The molecule has 7 heteroatoms. The maximum atomic E-state index is 11.9. The number of nitrogens with zero attached hydrogens (tertiary/aromatic N) is 1. The minimum atomic E-state index is -0.584. The fourth-order valence-corrected chi connectivity index (χ4v) is 2.18. The lowest BCUT2D eigenvalue weighted by atomic mass is 10.1. The summed E-state index contributed by atoms with van der Waals surface area (Å²) in [4.78, 5) is 22.1. The third kappa shape index (κ3) is 5.08. The van der Waals surface area contributed by atoms with E-state index in [4.69, 9.17) is 11.6 Å². The van der Waals surface area contributed by atoms with Crippen LogP contribution in [0, 0.1) is 10.1 Å². The molecule has 0 atom stereocenters. The van der Waals surface area contributed by atoms with Gasteiger partial charge in [0.25, 0.3) is 11.6 Å². The zero-order chi connectivity index (χ0) is 14.3. The SMILES string of the molecule is CSCCCCNC(=O)c1cc(Cl)ccc1[N+](=O)[O-]. The predicted molar refractivity (Wildman–Crippen MR) is 78.1 cm³/mol. The highest BCUT2D eigenvalue weighted by Crippen LogP contribution is 2.22. The summed E-state index contributed by atoms with van der Waals surface area (Å²) in [5.41, 5.74) is -0.228. The first-order chi connectivity index (χ1) is 9.06. The molecule has 1 N–H and O–H groups in total. The fraction of sp³-hybridized carbons (Fsp3) is 0.417. The Kier molecular flexibility index (Phi) is 6.66. The van der Waals surface area contributed by atoms with Gasteiger partial charge in [0, 0.05) is 17.6 Å². The summed E-state index contributed by atoms with van der Waals surface area (Å²) >= 11 is 7.51. The van der Waals surface area contributed by atoms with Gasteiger partial charge in [-0.3, -0.25) is 14.9 Å². The Hall–Kier alpha value is -1.27. The molecule has 0 spiro atoms. The number of thioether (sulfide) groups is 1. The Bertz CT molecular complexity index is 468. The number of hydrogen-bond acceptors (Lipinski definition) is 4. The van der Waals surface area contributed by atoms with Crippen LogP contribution >= 0.6 is 23.4 Å². The number of amides is 1. The standard InChI is InChI=1S/C12H15ClN2O3S/c1-19-7-3-2-6-14-12(16)10-8-9(13)4-5-11(10)15(17)18/h4-5,8H,2-3,6-7H2,1H3,(H,14,16). The molecule has 104 valence electrons. The van der Waals surface area contributed by atoms with Gasteiger partial charge in [0.2, 0.25) is 0 Å². The minimum Gasteiger partial charge on any atom is -0.352 e. The Balaban J connectivity index is 2.65. The number of nitrogens with one attached hydrogen (secondary N) is 1. The number of unbranched alkanes of at least 4 members (excludes halogenated alkanes) is 1. The minimum absolute atomic E-state index is 0.00219. The maximum Gasteiger partial charge on any atom is 0.282 e. The van der Waals surface area contributed by atoms with Crippen LogP contribution in [-0.4, -0.2) is 29.4 Å². The second kappa shape index (κ2) is 8.01. The van der Waals surface area contributed by atoms with Crippen LogP contribution in [0.5, 0.6) is 0 Å². The van der Waals surface area contributed by atoms with Gasteiger partial charge in [0.15, 0.2) is 0 Å². The van der Waals surface area contributed by atoms with Crippen molar-refractivity contribution in [3.05, 3.63) is 38.9 Å². The largest absolute Gasteiger partial charge is 0.352 e. The quantitative estimate of drug-likeness (QED) is 0.477. The number of halogens is 1. The van der Waals surface area contributed by atoms with Gasteiger partial charge in [-0.2, -0.15) is 11.8 Å². The molecular weight excluding hydrogens is 288 g/mol. The highest BCUT2D eigenvalue weighted by Gasteiger charge is 2.19. The number of carbonyl (C=O) groups is 1. The molecule has 1 amide bonds. The number of nitro groups is 1. The lowest BCUT2D eigenvalue weighted by Gasteiger charge is -2.06. The molecule has 19 heavy (non-hydrogen) atoms. The number of benzene rings is 1. The van der Waals surface area contributed by atoms with E-state index < -0.39 is 10.8 Å². The highest BCUT2D eigenvalue weighted by atomic mass is 35.5. The number of carbonyl (C=O) groups excluding carboxylic acids is 1. The average molecular weight is 303 g/mol. The molecule has 0 saturated heterocycles. The summed E-state index contributed by atoms with van der Waals surface area (Å²) < 4.78 is 0. The summed E-state index contributed by atoms with van der Waals surface area (Å²) in [6.07, 6.45) is 3.87. The van der Waals surface area contributed by atoms with Crippen LogP contribution in [0.3, 0.4) is 0 Å². The Morgan fingerprint density at radius 1 is 1.47 bits per heavy atom. The number of rotatable bonds is 7. The first-order valence-corrected chi connectivity index (χ1v) is 7.54. The number of nitro benzene ring substituents is 1. The third-order valence-electron chi connectivity index (χ3n) is 2.46. The van der Waals surface area contributed by atoms with Gasteiger partial charge >= 0.3 is 0 Å². The van der Waals surface area contributed by atoms with E-state index in [1.54, 1.807) is 11.8 Å².